The normalized spacial score (nSPS) is 15.0. The van der Waals surface area contributed by atoms with Gasteiger partial charge in [-0.25, -0.2) is 4.79 Å². The summed E-state index contributed by atoms with van der Waals surface area (Å²) in [6.07, 6.45) is 0.613. The van der Waals surface area contributed by atoms with Crippen LogP contribution in [0.1, 0.15) is 37.1 Å². The van der Waals surface area contributed by atoms with Crippen LogP contribution in [-0.2, 0) is 9.59 Å². The number of thiophene rings is 1. The molecule has 2 aromatic rings. The molecule has 7 heteroatoms. The number of imide groups is 1. The molecule has 0 saturated carbocycles. The minimum absolute atomic E-state index is 0.172. The summed E-state index contributed by atoms with van der Waals surface area (Å²) in [5, 5.41) is 7.43. The molecule has 0 aliphatic carbocycles. The molecular weight excluding hydrogens is 374 g/mol. The second-order valence-corrected chi connectivity index (χ2v) is 7.92. The van der Waals surface area contributed by atoms with E-state index in [9.17, 15) is 14.4 Å². The van der Waals surface area contributed by atoms with E-state index in [4.69, 9.17) is 0 Å². The average molecular weight is 395 g/mol. The van der Waals surface area contributed by atoms with Crippen molar-refractivity contribution in [1.29, 1.82) is 0 Å². The van der Waals surface area contributed by atoms with Crippen molar-refractivity contribution in [3.8, 4) is 11.8 Å². The Morgan fingerprint density at radius 1 is 1.21 bits per heavy atom. The average Bonchev–Trinajstić information content (AvgIpc) is 3.22. The Labute approximate surface area is 167 Å². The highest BCUT2D eigenvalue weighted by Gasteiger charge is 2.43. The summed E-state index contributed by atoms with van der Waals surface area (Å²) in [6.45, 7) is 3.54. The van der Waals surface area contributed by atoms with Crippen molar-refractivity contribution < 1.29 is 14.4 Å². The molecule has 2 N–H and O–H groups in total. The summed E-state index contributed by atoms with van der Waals surface area (Å²) in [5.41, 5.74) is 0.594. The van der Waals surface area contributed by atoms with Gasteiger partial charge in [-0.1, -0.05) is 24.0 Å². The number of rotatable bonds is 5. The van der Waals surface area contributed by atoms with Crippen molar-refractivity contribution in [1.82, 2.24) is 10.2 Å². The number of nitrogens with zero attached hydrogens (tertiary/aromatic N) is 1. The van der Waals surface area contributed by atoms with Gasteiger partial charge in [0.2, 0.25) is 5.91 Å². The maximum absolute atomic E-state index is 12.2. The van der Waals surface area contributed by atoms with Gasteiger partial charge in [0.15, 0.2) is 0 Å². The number of anilines is 1. The fourth-order valence-electron chi connectivity index (χ4n) is 2.80. The Hall–Kier alpha value is -3.11. The molecule has 0 radical (unpaired) electrons. The second-order valence-electron chi connectivity index (χ2n) is 6.97. The molecule has 0 bridgehead atoms. The fourth-order valence-corrected chi connectivity index (χ4v) is 3.37. The zero-order valence-corrected chi connectivity index (χ0v) is 16.6. The largest absolute Gasteiger partial charge is 0.326 e. The van der Waals surface area contributed by atoms with Crippen LogP contribution in [0.15, 0.2) is 41.8 Å². The van der Waals surface area contributed by atoms with Crippen molar-refractivity contribution >= 4 is 34.9 Å². The number of benzene rings is 1. The van der Waals surface area contributed by atoms with Gasteiger partial charge in [-0.05, 0) is 49.9 Å². The molecule has 6 nitrogen and oxygen atoms in total. The van der Waals surface area contributed by atoms with Crippen molar-refractivity contribution in [2.24, 2.45) is 0 Å². The van der Waals surface area contributed by atoms with Gasteiger partial charge in [0.25, 0.3) is 5.91 Å². The quantitative estimate of drug-likeness (QED) is 0.603. The molecule has 28 heavy (non-hydrogen) atoms. The van der Waals surface area contributed by atoms with Crippen molar-refractivity contribution in [2.45, 2.75) is 32.2 Å². The predicted octanol–water partition coefficient (Wildman–Crippen LogP) is 3.20. The monoisotopic (exact) mass is 395 g/mol. The lowest BCUT2D eigenvalue weighted by Gasteiger charge is -2.15. The molecule has 1 fully saturated rings. The van der Waals surface area contributed by atoms with Crippen LogP contribution >= 0.6 is 11.3 Å². The Balaban J connectivity index is 1.51. The summed E-state index contributed by atoms with van der Waals surface area (Å²) in [5.74, 6) is 5.72. The second kappa shape index (κ2) is 8.28. The lowest BCUT2D eigenvalue weighted by Crippen LogP contribution is -2.40. The highest BCUT2D eigenvalue weighted by Crippen LogP contribution is 2.17. The summed E-state index contributed by atoms with van der Waals surface area (Å²) in [7, 11) is 0. The van der Waals surface area contributed by atoms with Crippen LogP contribution < -0.4 is 10.6 Å². The minimum Gasteiger partial charge on any atom is -0.326 e. The first-order valence-corrected chi connectivity index (χ1v) is 9.83. The molecule has 0 spiro atoms. The number of amides is 4. The van der Waals surface area contributed by atoms with Gasteiger partial charge in [-0.2, -0.15) is 0 Å². The Morgan fingerprint density at radius 3 is 2.71 bits per heavy atom. The Morgan fingerprint density at radius 2 is 2.04 bits per heavy atom. The maximum atomic E-state index is 12.2. The van der Waals surface area contributed by atoms with Crippen LogP contribution in [0, 0.1) is 11.8 Å². The summed E-state index contributed by atoms with van der Waals surface area (Å²) < 4.78 is 0. The molecule has 1 aromatic heterocycles. The molecule has 0 atom stereocenters. The Bertz CT molecular complexity index is 955. The maximum Gasteiger partial charge on any atom is 0.325 e. The van der Waals surface area contributed by atoms with Crippen LogP contribution in [0.3, 0.4) is 0 Å². The van der Waals surface area contributed by atoms with E-state index in [0.717, 1.165) is 15.3 Å². The molecule has 1 saturated heterocycles. The SMILES string of the molecule is CC1(C)NC(=O)N(CCCC(=O)Nc2cccc(C#Cc3cccs3)c2)C1=O. The van der Waals surface area contributed by atoms with Crippen LogP contribution in [0.5, 0.6) is 0 Å². The molecule has 144 valence electrons. The number of nitrogens with one attached hydrogen (secondary N) is 2. The van der Waals surface area contributed by atoms with Crippen LogP contribution in [-0.4, -0.2) is 34.8 Å². The first-order valence-electron chi connectivity index (χ1n) is 8.95. The van der Waals surface area contributed by atoms with Gasteiger partial charge in [0.1, 0.15) is 5.54 Å². The summed E-state index contributed by atoms with van der Waals surface area (Å²) in [4.78, 5) is 38.3. The van der Waals surface area contributed by atoms with Gasteiger partial charge in [0, 0.05) is 24.2 Å². The van der Waals surface area contributed by atoms with Crippen LogP contribution in [0.25, 0.3) is 0 Å². The molecule has 1 aliphatic heterocycles. The van der Waals surface area contributed by atoms with E-state index in [0.29, 0.717) is 12.1 Å². The molecule has 4 amide bonds. The van der Waals surface area contributed by atoms with E-state index in [1.807, 2.05) is 35.7 Å². The zero-order chi connectivity index (χ0) is 20.1. The van der Waals surface area contributed by atoms with E-state index in [2.05, 4.69) is 22.5 Å². The van der Waals surface area contributed by atoms with E-state index in [1.54, 1.807) is 31.3 Å². The van der Waals surface area contributed by atoms with E-state index in [1.165, 1.54) is 0 Å². The number of carbonyl (C=O) groups is 3. The number of carbonyl (C=O) groups excluding carboxylic acids is 3. The third kappa shape index (κ3) is 4.78. The van der Waals surface area contributed by atoms with Gasteiger partial charge in [-0.3, -0.25) is 14.5 Å². The fraction of sp³-hybridized carbons (Fsp3) is 0.286. The van der Waals surface area contributed by atoms with E-state index in [-0.39, 0.29) is 24.8 Å². The topological polar surface area (TPSA) is 78.5 Å². The number of urea groups is 1. The van der Waals surface area contributed by atoms with E-state index >= 15 is 0 Å². The lowest BCUT2D eigenvalue weighted by atomic mass is 10.1. The molecule has 1 aliphatic rings. The highest BCUT2D eigenvalue weighted by atomic mass is 32.1. The molecular formula is C21H21N3O3S. The van der Waals surface area contributed by atoms with Crippen molar-refractivity contribution in [2.75, 3.05) is 11.9 Å². The first kappa shape index (κ1) is 19.6. The number of hydrogen-bond acceptors (Lipinski definition) is 4. The van der Waals surface area contributed by atoms with E-state index < -0.39 is 11.6 Å². The van der Waals surface area contributed by atoms with Crippen LogP contribution in [0.4, 0.5) is 10.5 Å². The lowest BCUT2D eigenvalue weighted by molar-refractivity contribution is -0.130. The standard InChI is InChI=1S/C21H21N3O3S/c1-21(2)19(26)24(20(27)23-21)12-4-9-18(25)22-16-7-3-6-15(14-16)10-11-17-8-5-13-28-17/h3,5-8,13-14H,4,9,12H2,1-2H3,(H,22,25)(H,23,27). The smallest absolute Gasteiger partial charge is 0.325 e. The van der Waals surface area contributed by atoms with Crippen molar-refractivity contribution in [3.05, 3.63) is 52.2 Å². The van der Waals surface area contributed by atoms with Gasteiger partial charge in [-0.15, -0.1) is 11.3 Å². The Kier molecular flexibility index (Phi) is 5.81. The third-order valence-electron chi connectivity index (χ3n) is 4.23. The summed E-state index contributed by atoms with van der Waals surface area (Å²) >= 11 is 1.58. The number of hydrogen-bond donors (Lipinski definition) is 2. The first-order chi connectivity index (χ1) is 13.3. The predicted molar refractivity (Wildman–Crippen MR) is 109 cm³/mol. The zero-order valence-electron chi connectivity index (χ0n) is 15.7. The third-order valence-corrected chi connectivity index (χ3v) is 5.01. The van der Waals surface area contributed by atoms with Gasteiger partial charge >= 0.3 is 6.03 Å². The molecule has 2 heterocycles. The summed E-state index contributed by atoms with van der Waals surface area (Å²) in [6, 6.07) is 10.8. The minimum atomic E-state index is -0.885. The molecule has 3 rings (SSSR count). The van der Waals surface area contributed by atoms with Crippen LogP contribution in [0.2, 0.25) is 0 Å². The van der Waals surface area contributed by atoms with Gasteiger partial charge in [0.05, 0.1) is 4.88 Å². The highest BCUT2D eigenvalue weighted by molar-refractivity contribution is 7.10. The van der Waals surface area contributed by atoms with Gasteiger partial charge < -0.3 is 10.6 Å². The molecule has 0 unspecified atom stereocenters. The van der Waals surface area contributed by atoms with Crippen molar-refractivity contribution in [3.63, 3.8) is 0 Å². The molecule has 1 aromatic carbocycles.